The van der Waals surface area contributed by atoms with Gasteiger partial charge in [0.15, 0.2) is 0 Å². The Bertz CT molecular complexity index is 40.7. The van der Waals surface area contributed by atoms with Gasteiger partial charge in [-0.1, -0.05) is 0 Å². The zero-order valence-electron chi connectivity index (χ0n) is 5.14. The number of rotatable bonds is 3. The smallest absolute Gasteiger partial charge is 0.398 e. The molecule has 0 rings (SSSR count). The van der Waals surface area contributed by atoms with Gasteiger partial charge in [0.05, 0.1) is 0 Å². The molecule has 0 amide bonds. The summed E-state index contributed by atoms with van der Waals surface area (Å²) >= 11 is 0. The summed E-state index contributed by atoms with van der Waals surface area (Å²) in [6.07, 6.45) is 0. The van der Waals surface area contributed by atoms with E-state index in [1.165, 1.54) is 0 Å². The maximum absolute atomic E-state index is 4.90. The molecule has 0 aromatic rings. The van der Waals surface area contributed by atoms with E-state index < -0.39 is 0 Å². The van der Waals surface area contributed by atoms with Crippen LogP contribution in [0.25, 0.3) is 0 Å². The van der Waals surface area contributed by atoms with Gasteiger partial charge in [0.2, 0.25) is 0 Å². The van der Waals surface area contributed by atoms with Crippen LogP contribution in [0, 0.1) is 0 Å². The van der Waals surface area contributed by atoms with Gasteiger partial charge >= 0.3 is 7.62 Å². The number of hydrogen-bond acceptors (Lipinski definition) is 2. The van der Waals surface area contributed by atoms with Gasteiger partial charge in [0.1, 0.15) is 0 Å². The molecule has 0 N–H and O–H groups in total. The van der Waals surface area contributed by atoms with Crippen LogP contribution in [-0.4, -0.2) is 33.1 Å². The van der Waals surface area contributed by atoms with Crippen molar-refractivity contribution in [3.05, 3.63) is 0 Å². The molecule has 0 aliphatic rings. The topological polar surface area (TPSA) is 12.5 Å². The van der Waals surface area contributed by atoms with E-state index in [1.54, 1.807) is 7.62 Å². The van der Waals surface area contributed by atoms with Crippen LogP contribution in [0.1, 0.15) is 6.92 Å². The minimum absolute atomic E-state index is 0.748. The van der Waals surface area contributed by atoms with Gasteiger partial charge in [-0.3, -0.25) is 0 Å². The molecule has 0 heterocycles. The first-order valence-electron chi connectivity index (χ1n) is 2.38. The van der Waals surface area contributed by atoms with E-state index in [0.29, 0.717) is 0 Å². The van der Waals surface area contributed by atoms with Crippen LogP contribution >= 0.6 is 0 Å². The molecule has 0 bridgehead atoms. The van der Waals surface area contributed by atoms with Crippen molar-refractivity contribution in [1.82, 2.24) is 4.81 Å². The van der Waals surface area contributed by atoms with Crippen LogP contribution in [0.3, 0.4) is 0 Å². The van der Waals surface area contributed by atoms with Gasteiger partial charge in [-0.15, -0.1) is 0 Å². The summed E-state index contributed by atoms with van der Waals surface area (Å²) in [6.45, 7) is 2.71. The highest BCUT2D eigenvalue weighted by atomic mass is 16.4. The molecule has 0 saturated carbocycles. The Hall–Kier alpha value is -0.0151. The maximum Gasteiger partial charge on any atom is 0.398 e. The predicted octanol–water partition coefficient (Wildman–Crippen LogP) is 0.119. The summed E-state index contributed by atoms with van der Waals surface area (Å²) in [6, 6.07) is 0. The lowest BCUT2D eigenvalue weighted by Gasteiger charge is -2.03. The molecule has 2 nitrogen and oxygen atoms in total. The van der Waals surface area contributed by atoms with Gasteiger partial charge < -0.3 is 9.47 Å². The van der Waals surface area contributed by atoms with Crippen molar-refractivity contribution in [2.75, 3.05) is 20.7 Å². The van der Waals surface area contributed by atoms with Crippen molar-refractivity contribution in [3.63, 3.8) is 0 Å². The second-order valence-electron chi connectivity index (χ2n) is 1.52. The highest BCUT2D eigenvalue weighted by molar-refractivity contribution is 6.22. The maximum atomic E-state index is 4.90. The minimum Gasteiger partial charge on any atom is -0.424 e. The highest BCUT2D eigenvalue weighted by Crippen LogP contribution is 1.70. The van der Waals surface area contributed by atoms with Gasteiger partial charge in [-0.05, 0) is 21.0 Å². The zero-order valence-corrected chi connectivity index (χ0v) is 5.14. The van der Waals surface area contributed by atoms with Crippen LogP contribution in [0.15, 0.2) is 0 Å². The lowest BCUT2D eigenvalue weighted by molar-refractivity contribution is 0.326. The normalized spacial score (nSPS) is 9.71. The Balaban J connectivity index is 2.68. The molecule has 0 aliphatic carbocycles. The van der Waals surface area contributed by atoms with Crippen molar-refractivity contribution in [3.8, 4) is 0 Å². The number of hydrogen-bond donors (Lipinski definition) is 0. The molecule has 3 heteroatoms. The molecule has 0 atom stereocenters. The average molecular weight is 99.9 g/mol. The molecule has 0 fully saturated rings. The van der Waals surface area contributed by atoms with Gasteiger partial charge in [0, 0.05) is 6.61 Å². The molecule has 0 unspecified atom stereocenters. The highest BCUT2D eigenvalue weighted by Gasteiger charge is 1.89. The fraction of sp³-hybridized carbons (Fsp3) is 1.00. The van der Waals surface area contributed by atoms with Gasteiger partial charge in [0.25, 0.3) is 0 Å². The fourth-order valence-electron chi connectivity index (χ4n) is 0.224. The van der Waals surface area contributed by atoms with E-state index in [9.17, 15) is 0 Å². The lowest BCUT2D eigenvalue weighted by atomic mass is 10.2. The van der Waals surface area contributed by atoms with E-state index in [4.69, 9.17) is 4.65 Å². The quantitative estimate of drug-likeness (QED) is 0.467. The summed E-state index contributed by atoms with van der Waals surface area (Å²) in [4.78, 5) is 1.86. The first-order valence-corrected chi connectivity index (χ1v) is 2.38. The molecule has 0 aromatic carbocycles. The number of nitrogens with zero attached hydrogens (tertiary/aromatic N) is 1. The molecule has 0 spiro atoms. The molecule has 0 saturated heterocycles. The van der Waals surface area contributed by atoms with Crippen molar-refractivity contribution < 1.29 is 4.65 Å². The average Bonchev–Trinajstić information content (AvgIpc) is 1.61. The van der Waals surface area contributed by atoms with Crippen LogP contribution in [0.2, 0.25) is 0 Å². The Labute approximate surface area is 45.8 Å². The first-order chi connectivity index (χ1) is 3.27. The van der Waals surface area contributed by atoms with Crippen LogP contribution in [-0.2, 0) is 4.65 Å². The van der Waals surface area contributed by atoms with E-state index >= 15 is 0 Å². The largest absolute Gasteiger partial charge is 0.424 e. The van der Waals surface area contributed by atoms with Crippen LogP contribution in [0.5, 0.6) is 0 Å². The third-order valence-corrected chi connectivity index (χ3v) is 0.452. The summed E-state index contributed by atoms with van der Waals surface area (Å²) in [7, 11) is 5.53. The second kappa shape index (κ2) is 4.15. The molecule has 0 aromatic heterocycles. The van der Waals surface area contributed by atoms with E-state index in [0.717, 1.165) is 6.61 Å². The molecular weight excluding hydrogens is 88.9 g/mol. The molecule has 0 aliphatic heterocycles. The van der Waals surface area contributed by atoms with Crippen molar-refractivity contribution in [1.29, 1.82) is 0 Å². The Morgan fingerprint density at radius 3 is 2.29 bits per heavy atom. The monoisotopic (exact) mass is 100 g/mol. The summed E-state index contributed by atoms with van der Waals surface area (Å²) in [5.41, 5.74) is 0. The van der Waals surface area contributed by atoms with Crippen molar-refractivity contribution in [2.45, 2.75) is 6.92 Å². The third kappa shape index (κ3) is 5.98. The third-order valence-electron chi connectivity index (χ3n) is 0.452. The second-order valence-corrected chi connectivity index (χ2v) is 1.52. The van der Waals surface area contributed by atoms with Gasteiger partial charge in [-0.25, -0.2) is 0 Å². The first kappa shape index (κ1) is 6.98. The molecule has 41 valence electrons. The summed E-state index contributed by atoms with van der Waals surface area (Å²) in [5, 5.41) is 0. The molecular formula is C4H11BNO. The van der Waals surface area contributed by atoms with Gasteiger partial charge in [-0.2, -0.15) is 0 Å². The van der Waals surface area contributed by atoms with Crippen molar-refractivity contribution >= 4 is 7.62 Å². The predicted molar refractivity (Wildman–Crippen MR) is 31.1 cm³/mol. The lowest BCUT2D eigenvalue weighted by Crippen LogP contribution is -2.20. The van der Waals surface area contributed by atoms with Crippen molar-refractivity contribution in [2.24, 2.45) is 0 Å². The Kier molecular flexibility index (Phi) is 4.14. The Morgan fingerprint density at radius 1 is 1.57 bits per heavy atom. The SMILES string of the molecule is CCO[B]N(C)C. The van der Waals surface area contributed by atoms with E-state index in [-0.39, 0.29) is 0 Å². The fourth-order valence-corrected chi connectivity index (χ4v) is 0.224. The minimum atomic E-state index is 0.748. The van der Waals surface area contributed by atoms with Crippen LogP contribution < -0.4 is 0 Å². The van der Waals surface area contributed by atoms with E-state index in [2.05, 4.69) is 0 Å². The zero-order chi connectivity index (χ0) is 5.70. The summed E-state index contributed by atoms with van der Waals surface area (Å²) in [5.74, 6) is 0. The standard InChI is InChI=1S/C4H11BNO/c1-4-7-5-6(2)3/h4H2,1-3H3. The summed E-state index contributed by atoms with van der Waals surface area (Å²) < 4.78 is 4.90. The van der Waals surface area contributed by atoms with Crippen LogP contribution in [0.4, 0.5) is 0 Å². The van der Waals surface area contributed by atoms with E-state index in [1.807, 2.05) is 25.8 Å². The molecule has 1 radical (unpaired) electrons. The Morgan fingerprint density at radius 2 is 2.14 bits per heavy atom. The molecule has 7 heavy (non-hydrogen) atoms.